The predicted molar refractivity (Wildman–Crippen MR) is 77.2 cm³/mol. The van der Waals surface area contributed by atoms with Gasteiger partial charge in [-0.25, -0.2) is 4.79 Å². The van der Waals surface area contributed by atoms with Crippen molar-refractivity contribution in [3.63, 3.8) is 0 Å². The molecule has 0 radical (unpaired) electrons. The Balaban J connectivity index is 2.02. The Morgan fingerprint density at radius 2 is 2.00 bits per heavy atom. The fourth-order valence-electron chi connectivity index (χ4n) is 2.44. The number of hydrogen-bond donors (Lipinski definition) is 1. The summed E-state index contributed by atoms with van der Waals surface area (Å²) < 4.78 is 5.79. The molecule has 1 aliphatic heterocycles. The molecule has 1 atom stereocenters. The van der Waals surface area contributed by atoms with Gasteiger partial charge in [0.25, 0.3) is 0 Å². The van der Waals surface area contributed by atoms with E-state index in [0.29, 0.717) is 21.9 Å². The summed E-state index contributed by atoms with van der Waals surface area (Å²) >= 11 is 5.88. The van der Waals surface area contributed by atoms with Crippen LogP contribution in [0.4, 0.5) is 0 Å². The van der Waals surface area contributed by atoms with Gasteiger partial charge in [0.2, 0.25) is 0 Å². The number of ketones is 1. The Labute approximate surface area is 125 Å². The second-order valence-electron chi connectivity index (χ2n) is 4.77. The molecule has 0 aliphatic carbocycles. The summed E-state index contributed by atoms with van der Waals surface area (Å²) in [4.78, 5) is 23.5. The number of aromatic carboxylic acids is 1. The fourth-order valence-corrected chi connectivity index (χ4v) is 2.61. The highest BCUT2D eigenvalue weighted by Gasteiger charge is 2.30. The highest BCUT2D eigenvalue weighted by atomic mass is 35.5. The minimum absolute atomic E-state index is 0.0949. The van der Waals surface area contributed by atoms with Crippen LogP contribution < -0.4 is 4.74 Å². The minimum atomic E-state index is -1.04. The summed E-state index contributed by atoms with van der Waals surface area (Å²) in [5.41, 5.74) is 1.08. The molecule has 2 aromatic carbocycles. The van der Waals surface area contributed by atoms with Crippen molar-refractivity contribution < 1.29 is 19.4 Å². The van der Waals surface area contributed by atoms with Gasteiger partial charge in [-0.3, -0.25) is 4.79 Å². The maximum absolute atomic E-state index is 12.2. The Kier molecular flexibility index (Phi) is 3.39. The Bertz CT molecular complexity index is 739. The first-order valence-electron chi connectivity index (χ1n) is 6.38. The van der Waals surface area contributed by atoms with Crippen molar-refractivity contribution >= 4 is 23.4 Å². The normalized spacial score (nSPS) is 17.0. The smallest absolute Gasteiger partial charge is 0.336 e. The molecule has 1 N–H and O–H groups in total. The second-order valence-corrected chi connectivity index (χ2v) is 5.20. The first-order chi connectivity index (χ1) is 10.1. The van der Waals surface area contributed by atoms with Crippen molar-refractivity contribution in [3.8, 4) is 5.75 Å². The van der Waals surface area contributed by atoms with Crippen LogP contribution in [0.15, 0.2) is 42.5 Å². The van der Waals surface area contributed by atoms with Crippen LogP contribution in [0.2, 0.25) is 5.02 Å². The van der Waals surface area contributed by atoms with Gasteiger partial charge in [-0.1, -0.05) is 29.8 Å². The summed E-state index contributed by atoms with van der Waals surface area (Å²) in [7, 11) is 0. The molecule has 0 spiro atoms. The topological polar surface area (TPSA) is 63.6 Å². The first kappa shape index (κ1) is 13.6. The molecular weight excluding hydrogens is 292 g/mol. The average molecular weight is 303 g/mol. The van der Waals surface area contributed by atoms with Crippen molar-refractivity contribution in [1.82, 2.24) is 0 Å². The van der Waals surface area contributed by atoms with Crippen LogP contribution >= 0.6 is 11.6 Å². The molecule has 0 saturated heterocycles. The Morgan fingerprint density at radius 3 is 2.76 bits per heavy atom. The van der Waals surface area contributed by atoms with Crippen LogP contribution in [0.25, 0.3) is 0 Å². The monoisotopic (exact) mass is 302 g/mol. The van der Waals surface area contributed by atoms with Crippen molar-refractivity contribution in [3.05, 3.63) is 64.2 Å². The predicted octanol–water partition coefficient (Wildman–Crippen LogP) is 3.74. The van der Waals surface area contributed by atoms with Gasteiger partial charge >= 0.3 is 5.97 Å². The molecule has 0 saturated carbocycles. The number of carboxylic acids is 1. The van der Waals surface area contributed by atoms with Gasteiger partial charge in [-0.15, -0.1) is 0 Å². The molecule has 21 heavy (non-hydrogen) atoms. The second kappa shape index (κ2) is 5.22. The zero-order valence-electron chi connectivity index (χ0n) is 10.9. The lowest BCUT2D eigenvalue weighted by Crippen LogP contribution is -2.22. The van der Waals surface area contributed by atoms with Gasteiger partial charge in [0.1, 0.15) is 11.9 Å². The van der Waals surface area contributed by atoms with Gasteiger partial charge in [0.05, 0.1) is 17.5 Å². The number of halogens is 1. The zero-order chi connectivity index (χ0) is 15.0. The number of carbonyl (C=O) groups is 2. The number of carbonyl (C=O) groups excluding carboxylic acids is 1. The molecule has 5 heteroatoms. The van der Waals surface area contributed by atoms with Gasteiger partial charge in [-0.2, -0.15) is 0 Å². The summed E-state index contributed by atoms with van der Waals surface area (Å²) in [5, 5.41) is 9.70. The molecule has 0 bridgehead atoms. The van der Waals surface area contributed by atoms with Crippen LogP contribution in [-0.4, -0.2) is 16.9 Å². The largest absolute Gasteiger partial charge is 0.484 e. The third-order valence-corrected chi connectivity index (χ3v) is 3.66. The molecule has 2 aromatic rings. The number of carboxylic acid groups (broad SMARTS) is 1. The standard InChI is InChI=1S/C16H11ClO4/c17-9-5-6-14-12(7-9)13(18)8-15(21-14)10-3-1-2-4-11(10)16(19)20/h1-7,15H,8H2,(H,19,20). The Hall–Kier alpha value is -2.33. The van der Waals surface area contributed by atoms with Crippen LogP contribution in [-0.2, 0) is 0 Å². The molecule has 1 heterocycles. The molecule has 1 aliphatic rings. The van der Waals surface area contributed by atoms with E-state index in [-0.39, 0.29) is 17.8 Å². The molecule has 3 rings (SSSR count). The van der Waals surface area contributed by atoms with E-state index in [0.717, 1.165) is 0 Å². The van der Waals surface area contributed by atoms with E-state index in [1.54, 1.807) is 36.4 Å². The van der Waals surface area contributed by atoms with Crippen LogP contribution in [0.3, 0.4) is 0 Å². The Morgan fingerprint density at radius 1 is 1.24 bits per heavy atom. The zero-order valence-corrected chi connectivity index (χ0v) is 11.6. The molecule has 0 aromatic heterocycles. The number of benzene rings is 2. The third-order valence-electron chi connectivity index (χ3n) is 3.42. The SMILES string of the molecule is O=C1CC(c2ccccc2C(=O)O)Oc2ccc(Cl)cc21. The van der Waals surface area contributed by atoms with Gasteiger partial charge < -0.3 is 9.84 Å². The van der Waals surface area contributed by atoms with Gasteiger partial charge in [-0.05, 0) is 24.3 Å². The number of hydrogen-bond acceptors (Lipinski definition) is 3. The number of ether oxygens (including phenoxy) is 1. The lowest BCUT2D eigenvalue weighted by molar-refractivity contribution is 0.0682. The fraction of sp³-hybridized carbons (Fsp3) is 0.125. The quantitative estimate of drug-likeness (QED) is 0.917. The van der Waals surface area contributed by atoms with Crippen LogP contribution in [0.1, 0.15) is 38.8 Å². The highest BCUT2D eigenvalue weighted by Crippen LogP contribution is 2.37. The maximum Gasteiger partial charge on any atom is 0.336 e. The first-order valence-corrected chi connectivity index (χ1v) is 6.75. The average Bonchev–Trinajstić information content (AvgIpc) is 2.47. The van der Waals surface area contributed by atoms with Crippen LogP contribution in [0.5, 0.6) is 5.75 Å². The lowest BCUT2D eigenvalue weighted by Gasteiger charge is -2.26. The van der Waals surface area contributed by atoms with Gasteiger partial charge in [0.15, 0.2) is 5.78 Å². The lowest BCUT2D eigenvalue weighted by atomic mass is 9.93. The van der Waals surface area contributed by atoms with Crippen LogP contribution in [0, 0.1) is 0 Å². The molecular formula is C16H11ClO4. The maximum atomic E-state index is 12.2. The van der Waals surface area contributed by atoms with Gasteiger partial charge in [0, 0.05) is 10.6 Å². The number of Topliss-reactive ketones (excluding diaryl/α,β-unsaturated/α-hetero) is 1. The van der Waals surface area contributed by atoms with E-state index in [2.05, 4.69) is 0 Å². The minimum Gasteiger partial charge on any atom is -0.484 e. The summed E-state index contributed by atoms with van der Waals surface area (Å²) in [6.45, 7) is 0. The van der Waals surface area contributed by atoms with E-state index in [1.807, 2.05) is 0 Å². The van der Waals surface area contributed by atoms with E-state index in [9.17, 15) is 14.7 Å². The summed E-state index contributed by atoms with van der Waals surface area (Å²) in [6.07, 6.45) is -0.504. The van der Waals surface area contributed by atoms with Crippen molar-refractivity contribution in [2.75, 3.05) is 0 Å². The highest BCUT2D eigenvalue weighted by molar-refractivity contribution is 6.31. The van der Waals surface area contributed by atoms with Crippen molar-refractivity contribution in [2.45, 2.75) is 12.5 Å². The van der Waals surface area contributed by atoms with E-state index < -0.39 is 12.1 Å². The summed E-state index contributed by atoms with van der Waals surface area (Å²) in [6, 6.07) is 11.4. The molecule has 0 fully saturated rings. The van der Waals surface area contributed by atoms with E-state index in [4.69, 9.17) is 16.3 Å². The summed E-state index contributed by atoms with van der Waals surface area (Å²) in [5.74, 6) is -0.715. The van der Waals surface area contributed by atoms with E-state index >= 15 is 0 Å². The third kappa shape index (κ3) is 2.50. The molecule has 0 amide bonds. The molecule has 4 nitrogen and oxygen atoms in total. The number of rotatable bonds is 2. The number of fused-ring (bicyclic) bond motifs is 1. The molecule has 106 valence electrons. The van der Waals surface area contributed by atoms with Crippen molar-refractivity contribution in [2.24, 2.45) is 0 Å². The van der Waals surface area contributed by atoms with Crippen molar-refractivity contribution in [1.29, 1.82) is 0 Å². The van der Waals surface area contributed by atoms with E-state index in [1.165, 1.54) is 6.07 Å². The molecule has 1 unspecified atom stereocenters.